The summed E-state index contributed by atoms with van der Waals surface area (Å²) in [4.78, 5) is 17.5. The van der Waals surface area contributed by atoms with Crippen LogP contribution in [-0.2, 0) is 13.0 Å². The Kier molecular flexibility index (Phi) is 4.81. The van der Waals surface area contributed by atoms with Crippen molar-refractivity contribution in [3.63, 3.8) is 0 Å². The number of hydrogen-bond donors (Lipinski definition) is 1. The summed E-state index contributed by atoms with van der Waals surface area (Å²) in [5.41, 5.74) is 2.53. The molecule has 0 aliphatic rings. The van der Waals surface area contributed by atoms with E-state index in [1.165, 1.54) is 10.5 Å². The van der Waals surface area contributed by atoms with Crippen molar-refractivity contribution in [1.29, 1.82) is 0 Å². The summed E-state index contributed by atoms with van der Waals surface area (Å²) in [7, 11) is 3.37. The van der Waals surface area contributed by atoms with Crippen LogP contribution in [0.4, 0.5) is 5.82 Å². The van der Waals surface area contributed by atoms with Crippen molar-refractivity contribution in [3.05, 3.63) is 47.4 Å². The average Bonchev–Trinajstić information content (AvgIpc) is 2.52. The Hall–Kier alpha value is -2.50. The van der Waals surface area contributed by atoms with Crippen LogP contribution in [0.5, 0.6) is 0 Å². The minimum Gasteiger partial charge on any atom is -0.363 e. The maximum absolute atomic E-state index is 11.7. The second-order valence-electron chi connectivity index (χ2n) is 4.82. The Labute approximate surface area is 124 Å². The van der Waals surface area contributed by atoms with Crippen molar-refractivity contribution >= 4 is 11.7 Å². The molecule has 2 heterocycles. The number of pyridine rings is 1. The number of nitrogens with one attached hydrogen (secondary N) is 1. The van der Waals surface area contributed by atoms with Crippen molar-refractivity contribution in [2.24, 2.45) is 0 Å². The lowest BCUT2D eigenvalue weighted by Crippen LogP contribution is -2.23. The van der Waals surface area contributed by atoms with Gasteiger partial charge in [-0.3, -0.25) is 9.78 Å². The predicted molar refractivity (Wildman–Crippen MR) is 81.0 cm³/mol. The first-order valence-corrected chi connectivity index (χ1v) is 6.83. The first-order valence-electron chi connectivity index (χ1n) is 6.83. The topological polar surface area (TPSA) is 71.0 Å². The molecule has 0 radical (unpaired) electrons. The molecule has 110 valence electrons. The lowest BCUT2D eigenvalue weighted by molar-refractivity contribution is 0.0821. The summed E-state index contributed by atoms with van der Waals surface area (Å²) in [6, 6.07) is 7.41. The van der Waals surface area contributed by atoms with Gasteiger partial charge in [0, 0.05) is 20.3 Å². The molecule has 0 atom stereocenters. The van der Waals surface area contributed by atoms with Crippen LogP contribution in [-0.4, -0.2) is 40.1 Å². The van der Waals surface area contributed by atoms with Crippen LogP contribution < -0.4 is 5.32 Å². The molecular formula is C15H19N5O. The molecular weight excluding hydrogens is 266 g/mol. The molecule has 21 heavy (non-hydrogen) atoms. The van der Waals surface area contributed by atoms with Gasteiger partial charge in [-0.15, -0.1) is 10.2 Å². The largest absolute Gasteiger partial charge is 0.363 e. The fourth-order valence-corrected chi connectivity index (χ4v) is 1.90. The van der Waals surface area contributed by atoms with E-state index in [0.29, 0.717) is 18.1 Å². The van der Waals surface area contributed by atoms with E-state index in [-0.39, 0.29) is 5.91 Å². The zero-order valence-electron chi connectivity index (χ0n) is 12.5. The zero-order valence-corrected chi connectivity index (χ0v) is 12.5. The molecule has 2 rings (SSSR count). The van der Waals surface area contributed by atoms with Gasteiger partial charge in [-0.05, 0) is 30.2 Å². The van der Waals surface area contributed by atoms with Gasteiger partial charge in [-0.25, -0.2) is 0 Å². The van der Waals surface area contributed by atoms with E-state index in [1.54, 1.807) is 32.4 Å². The number of amides is 1. The molecule has 1 N–H and O–H groups in total. The van der Waals surface area contributed by atoms with E-state index in [0.717, 1.165) is 12.1 Å². The monoisotopic (exact) mass is 285 g/mol. The van der Waals surface area contributed by atoms with Gasteiger partial charge in [0.1, 0.15) is 5.82 Å². The second kappa shape index (κ2) is 6.78. The van der Waals surface area contributed by atoms with Crippen LogP contribution in [0.1, 0.15) is 28.7 Å². The lowest BCUT2D eigenvalue weighted by Gasteiger charge is -2.10. The van der Waals surface area contributed by atoms with Gasteiger partial charge in [-0.1, -0.05) is 13.0 Å². The molecule has 0 spiro atoms. The van der Waals surface area contributed by atoms with Gasteiger partial charge in [0.15, 0.2) is 5.69 Å². The fourth-order valence-electron chi connectivity index (χ4n) is 1.90. The molecule has 2 aromatic heterocycles. The number of rotatable bonds is 5. The van der Waals surface area contributed by atoms with Crippen LogP contribution >= 0.6 is 0 Å². The van der Waals surface area contributed by atoms with E-state index in [1.807, 2.05) is 6.07 Å². The zero-order chi connectivity index (χ0) is 15.2. The summed E-state index contributed by atoms with van der Waals surface area (Å²) < 4.78 is 0. The van der Waals surface area contributed by atoms with Gasteiger partial charge < -0.3 is 10.2 Å². The molecule has 0 aliphatic carbocycles. The molecule has 1 amide bonds. The number of hydrogen-bond acceptors (Lipinski definition) is 5. The van der Waals surface area contributed by atoms with Crippen LogP contribution in [0.25, 0.3) is 0 Å². The maximum atomic E-state index is 11.7. The average molecular weight is 285 g/mol. The number of aromatic nitrogens is 3. The first-order chi connectivity index (χ1) is 10.1. The van der Waals surface area contributed by atoms with Gasteiger partial charge in [-0.2, -0.15) is 0 Å². The summed E-state index contributed by atoms with van der Waals surface area (Å²) in [5, 5.41) is 11.1. The molecule has 0 aliphatic heterocycles. The SMILES string of the molecule is CCc1cccnc1CNc1ccc(C(=O)N(C)C)nn1. The van der Waals surface area contributed by atoms with Gasteiger partial charge in [0.05, 0.1) is 12.2 Å². The second-order valence-corrected chi connectivity index (χ2v) is 4.82. The van der Waals surface area contributed by atoms with Gasteiger partial charge >= 0.3 is 0 Å². The quantitative estimate of drug-likeness (QED) is 0.906. The van der Waals surface area contributed by atoms with Crippen LogP contribution in [0.2, 0.25) is 0 Å². The van der Waals surface area contributed by atoms with E-state index in [2.05, 4.69) is 33.5 Å². The Morgan fingerprint density at radius 2 is 2.05 bits per heavy atom. The van der Waals surface area contributed by atoms with Crippen molar-refractivity contribution in [2.75, 3.05) is 19.4 Å². The minimum atomic E-state index is -0.160. The van der Waals surface area contributed by atoms with Crippen molar-refractivity contribution < 1.29 is 4.79 Å². The normalized spacial score (nSPS) is 10.2. The summed E-state index contributed by atoms with van der Waals surface area (Å²) in [6.07, 6.45) is 2.72. The number of anilines is 1. The highest BCUT2D eigenvalue weighted by Gasteiger charge is 2.10. The van der Waals surface area contributed by atoms with Crippen molar-refractivity contribution in [1.82, 2.24) is 20.1 Å². The van der Waals surface area contributed by atoms with Crippen LogP contribution in [0.3, 0.4) is 0 Å². The van der Waals surface area contributed by atoms with Crippen molar-refractivity contribution in [3.8, 4) is 0 Å². The number of nitrogens with zero attached hydrogens (tertiary/aromatic N) is 4. The third-order valence-electron chi connectivity index (χ3n) is 3.09. The van der Waals surface area contributed by atoms with E-state index in [9.17, 15) is 4.79 Å². The van der Waals surface area contributed by atoms with Crippen molar-refractivity contribution in [2.45, 2.75) is 19.9 Å². The van der Waals surface area contributed by atoms with Crippen LogP contribution in [0, 0.1) is 0 Å². The molecule has 0 saturated carbocycles. The molecule has 0 aromatic carbocycles. The molecule has 6 heteroatoms. The number of carbonyl (C=O) groups is 1. The van der Waals surface area contributed by atoms with Gasteiger partial charge in [0.25, 0.3) is 5.91 Å². The van der Waals surface area contributed by atoms with Gasteiger partial charge in [0.2, 0.25) is 0 Å². The number of carbonyl (C=O) groups excluding carboxylic acids is 1. The minimum absolute atomic E-state index is 0.160. The van der Waals surface area contributed by atoms with E-state index >= 15 is 0 Å². The van der Waals surface area contributed by atoms with Crippen LogP contribution in [0.15, 0.2) is 30.5 Å². The third kappa shape index (κ3) is 3.75. The lowest BCUT2D eigenvalue weighted by atomic mass is 10.1. The Bertz CT molecular complexity index is 610. The molecule has 0 saturated heterocycles. The molecule has 0 bridgehead atoms. The number of aryl methyl sites for hydroxylation is 1. The smallest absolute Gasteiger partial charge is 0.273 e. The molecule has 2 aromatic rings. The molecule has 0 unspecified atom stereocenters. The summed E-state index contributed by atoms with van der Waals surface area (Å²) >= 11 is 0. The third-order valence-corrected chi connectivity index (χ3v) is 3.09. The Morgan fingerprint density at radius 1 is 1.24 bits per heavy atom. The highest BCUT2D eigenvalue weighted by Crippen LogP contribution is 2.09. The van der Waals surface area contributed by atoms with E-state index in [4.69, 9.17) is 0 Å². The standard InChI is InChI=1S/C15H19N5O/c1-4-11-6-5-9-16-13(11)10-17-14-8-7-12(18-19-14)15(21)20(2)3/h5-9H,4,10H2,1-3H3,(H,17,19). The predicted octanol–water partition coefficient (Wildman–Crippen LogP) is 1.75. The highest BCUT2D eigenvalue weighted by atomic mass is 16.2. The van der Waals surface area contributed by atoms with E-state index < -0.39 is 0 Å². The molecule has 0 fully saturated rings. The first kappa shape index (κ1) is 14.9. The summed E-state index contributed by atoms with van der Waals surface area (Å²) in [5.74, 6) is 0.463. The Balaban J connectivity index is 2.02. The maximum Gasteiger partial charge on any atom is 0.273 e. The molecule has 6 nitrogen and oxygen atoms in total. The fraction of sp³-hybridized carbons (Fsp3) is 0.333. The summed E-state index contributed by atoms with van der Waals surface area (Å²) in [6.45, 7) is 2.68. The highest BCUT2D eigenvalue weighted by molar-refractivity contribution is 5.91. The Morgan fingerprint density at radius 3 is 2.67 bits per heavy atom.